The fourth-order valence-electron chi connectivity index (χ4n) is 4.88. The number of nitrogens with zero attached hydrogens (tertiary/aromatic N) is 3. The highest BCUT2D eigenvalue weighted by molar-refractivity contribution is 6.39. The van der Waals surface area contributed by atoms with Crippen LogP contribution in [0, 0.1) is 5.41 Å². The molecule has 274 valence electrons. The van der Waals surface area contributed by atoms with Gasteiger partial charge in [0.05, 0.1) is 12.6 Å². The number of benzene rings is 3. The molecule has 0 atom stereocenters. The Morgan fingerprint density at radius 3 is 2.17 bits per heavy atom. The van der Waals surface area contributed by atoms with Crippen LogP contribution in [0.4, 0.5) is 36.4 Å². The number of nitrogens with one attached hydrogen (secondary N) is 5. The van der Waals surface area contributed by atoms with Crippen molar-refractivity contribution in [3.05, 3.63) is 88.9 Å². The topological polar surface area (TPSA) is 168 Å². The highest BCUT2D eigenvalue weighted by Gasteiger charge is 2.45. The third-order valence-electron chi connectivity index (χ3n) is 7.87. The summed E-state index contributed by atoms with van der Waals surface area (Å²) in [4.78, 5) is 50.1. The molecule has 5 rings (SSSR count). The monoisotopic (exact) mass is 740 g/mol. The van der Waals surface area contributed by atoms with Gasteiger partial charge in [-0.25, -0.2) is 0 Å². The maximum atomic E-state index is 12.9. The van der Waals surface area contributed by atoms with E-state index in [9.17, 15) is 27.6 Å². The van der Waals surface area contributed by atoms with Crippen molar-refractivity contribution >= 4 is 52.6 Å². The molecular weight excluding hydrogens is 705 g/mol. The Hall–Kier alpha value is -5.64. The number of alkyl halides is 3. The van der Waals surface area contributed by atoms with Crippen LogP contribution in [0.15, 0.2) is 72.8 Å². The molecule has 1 fully saturated rings. The van der Waals surface area contributed by atoms with E-state index < -0.39 is 47.5 Å². The summed E-state index contributed by atoms with van der Waals surface area (Å²) in [5.41, 5.74) is 0.925. The summed E-state index contributed by atoms with van der Waals surface area (Å²) in [5, 5.41) is 14.6. The Morgan fingerprint density at radius 2 is 1.52 bits per heavy atom. The van der Waals surface area contributed by atoms with Gasteiger partial charge in [-0.2, -0.15) is 28.1 Å². The molecule has 3 amide bonds. The van der Waals surface area contributed by atoms with Gasteiger partial charge >= 0.3 is 24.0 Å². The summed E-state index contributed by atoms with van der Waals surface area (Å²) in [6.07, 6.45) is -3.14. The Kier molecular flexibility index (Phi) is 11.4. The van der Waals surface area contributed by atoms with Gasteiger partial charge in [-0.3, -0.25) is 14.4 Å². The van der Waals surface area contributed by atoms with Crippen molar-refractivity contribution in [2.45, 2.75) is 38.4 Å². The molecule has 1 heterocycles. The normalized spacial score (nSPS) is 13.4. The largest absolute Gasteiger partial charge is 0.497 e. The van der Waals surface area contributed by atoms with E-state index in [1.165, 1.54) is 19.2 Å². The van der Waals surface area contributed by atoms with E-state index in [0.29, 0.717) is 27.7 Å². The average molecular weight is 741 g/mol. The van der Waals surface area contributed by atoms with Crippen molar-refractivity contribution in [3.8, 4) is 11.8 Å². The highest BCUT2D eigenvalue weighted by atomic mass is 35.5. The molecule has 0 spiro atoms. The van der Waals surface area contributed by atoms with Crippen LogP contribution in [0.3, 0.4) is 0 Å². The number of anilines is 4. The molecule has 1 aliphatic rings. The second kappa shape index (κ2) is 15.7. The molecule has 1 saturated carbocycles. The van der Waals surface area contributed by atoms with Crippen molar-refractivity contribution in [2.75, 3.05) is 42.8 Å². The van der Waals surface area contributed by atoms with Crippen LogP contribution in [0.2, 0.25) is 5.02 Å². The number of rotatable bonds is 14. The molecule has 0 saturated heterocycles. The van der Waals surface area contributed by atoms with Crippen molar-refractivity contribution in [1.29, 1.82) is 0 Å². The van der Waals surface area contributed by atoms with E-state index in [4.69, 9.17) is 21.1 Å². The summed E-state index contributed by atoms with van der Waals surface area (Å²) in [6.45, 7) is 2.29. The molecule has 3 aromatic carbocycles. The molecule has 0 bridgehead atoms. The lowest BCUT2D eigenvalue weighted by Gasteiger charge is -2.25. The molecule has 1 aliphatic carbocycles. The van der Waals surface area contributed by atoms with Crippen molar-refractivity contribution in [3.63, 3.8) is 0 Å². The minimum Gasteiger partial charge on any atom is -0.497 e. The van der Waals surface area contributed by atoms with Gasteiger partial charge < -0.3 is 36.1 Å². The van der Waals surface area contributed by atoms with Gasteiger partial charge in [0.15, 0.2) is 6.61 Å². The first kappa shape index (κ1) is 37.6. The Labute approximate surface area is 302 Å². The predicted octanol–water partition coefficient (Wildman–Crippen LogP) is 5.83. The minimum atomic E-state index is -4.61. The Balaban J connectivity index is 1.17. The summed E-state index contributed by atoms with van der Waals surface area (Å²) < 4.78 is 48.7. The zero-order valence-electron chi connectivity index (χ0n) is 28.4. The van der Waals surface area contributed by atoms with Gasteiger partial charge in [0.25, 0.3) is 5.91 Å². The number of aromatic nitrogens is 3. The minimum absolute atomic E-state index is 0.00872. The summed E-state index contributed by atoms with van der Waals surface area (Å²) >= 11 is 6.03. The maximum Gasteiger partial charge on any atom is 0.422 e. The number of methoxy groups -OCH3 is 1. The summed E-state index contributed by atoms with van der Waals surface area (Å²) in [5.74, 6) is -1.63. The molecule has 0 radical (unpaired) electrons. The van der Waals surface area contributed by atoms with E-state index in [2.05, 4.69) is 41.5 Å². The van der Waals surface area contributed by atoms with Gasteiger partial charge in [-0.05, 0) is 72.4 Å². The fourth-order valence-corrected chi connectivity index (χ4v) is 5.01. The molecule has 52 heavy (non-hydrogen) atoms. The van der Waals surface area contributed by atoms with Crippen LogP contribution in [0.5, 0.6) is 11.8 Å². The third-order valence-corrected chi connectivity index (χ3v) is 8.12. The van der Waals surface area contributed by atoms with Crippen LogP contribution in [-0.2, 0) is 15.1 Å². The van der Waals surface area contributed by atoms with E-state index in [-0.39, 0.29) is 25.0 Å². The second-order valence-electron chi connectivity index (χ2n) is 12.8. The first-order valence-electron chi connectivity index (χ1n) is 16.0. The van der Waals surface area contributed by atoms with Gasteiger partial charge in [0.1, 0.15) is 5.75 Å². The molecular formula is C35H36ClF3N8O5. The van der Waals surface area contributed by atoms with Crippen molar-refractivity contribution in [1.82, 2.24) is 25.6 Å². The molecule has 5 N–H and O–H groups in total. The molecule has 13 nitrogen and oxygen atoms in total. The SMILES string of the molecule is COc1cccc(NC(=O)C(=O)NCC(C)(C)CNC(=O)c2ccc(Nc3nc(NC4(c5ccc(Cl)cc5)CC4)nc(OCC(F)(F)F)n3)cc2)c1. The second-order valence-corrected chi connectivity index (χ2v) is 13.2. The number of hydrogen-bond acceptors (Lipinski definition) is 10. The fraction of sp³-hybridized carbons (Fsp3) is 0.314. The third kappa shape index (κ3) is 10.7. The van der Waals surface area contributed by atoms with Gasteiger partial charge in [-0.1, -0.05) is 43.6 Å². The van der Waals surface area contributed by atoms with Crippen molar-refractivity contribution < 1.29 is 37.0 Å². The number of carbonyl (C=O) groups excluding carboxylic acids is 3. The maximum absolute atomic E-state index is 12.9. The van der Waals surface area contributed by atoms with Crippen LogP contribution >= 0.6 is 11.6 Å². The highest BCUT2D eigenvalue weighted by Crippen LogP contribution is 2.48. The van der Waals surface area contributed by atoms with Crippen LogP contribution in [-0.4, -0.2) is 65.7 Å². The lowest BCUT2D eigenvalue weighted by atomic mass is 9.93. The molecule has 0 aliphatic heterocycles. The van der Waals surface area contributed by atoms with E-state index in [1.54, 1.807) is 48.5 Å². The van der Waals surface area contributed by atoms with E-state index in [0.717, 1.165) is 18.4 Å². The Morgan fingerprint density at radius 1 is 0.846 bits per heavy atom. The molecule has 4 aromatic rings. The van der Waals surface area contributed by atoms with Gasteiger partial charge in [0, 0.05) is 41.1 Å². The quantitative estimate of drug-likeness (QED) is 0.0993. The number of amides is 3. The van der Waals surface area contributed by atoms with E-state index >= 15 is 0 Å². The van der Waals surface area contributed by atoms with Crippen LogP contribution in [0.25, 0.3) is 0 Å². The number of hydrogen-bond donors (Lipinski definition) is 5. The average Bonchev–Trinajstić information content (AvgIpc) is 3.89. The predicted molar refractivity (Wildman–Crippen MR) is 188 cm³/mol. The number of halogens is 4. The number of carbonyl (C=O) groups is 3. The standard InChI is InChI=1S/C35H36ClF3N8O5/c1-33(2,19-41-28(49)29(50)42-25-5-4-6-26(17-25)51-3)18-40-27(48)21-7-13-24(14-8-21)43-30-44-31(46-32(45-30)52-20-35(37,38)39)47-34(15-16-34)22-9-11-23(36)12-10-22/h4-14,17H,15-16,18-20H2,1-3H3,(H,40,48)(H,41,49)(H,42,50)(H2,43,44,45,46,47). The lowest BCUT2D eigenvalue weighted by molar-refractivity contribution is -0.154. The van der Waals surface area contributed by atoms with Crippen molar-refractivity contribution in [2.24, 2.45) is 5.41 Å². The van der Waals surface area contributed by atoms with Gasteiger partial charge in [-0.15, -0.1) is 0 Å². The first-order chi connectivity index (χ1) is 24.6. The molecule has 0 unspecified atom stereocenters. The van der Waals surface area contributed by atoms with Crippen LogP contribution < -0.4 is 36.1 Å². The Bertz CT molecular complexity index is 1910. The van der Waals surface area contributed by atoms with Crippen LogP contribution in [0.1, 0.15) is 42.6 Å². The lowest BCUT2D eigenvalue weighted by Crippen LogP contribution is -2.44. The van der Waals surface area contributed by atoms with E-state index in [1.807, 2.05) is 26.0 Å². The van der Waals surface area contributed by atoms with Gasteiger partial charge in [0.2, 0.25) is 11.9 Å². The molecule has 1 aromatic heterocycles. The summed E-state index contributed by atoms with van der Waals surface area (Å²) in [7, 11) is 1.49. The number of ether oxygens (including phenoxy) is 2. The first-order valence-corrected chi connectivity index (χ1v) is 16.4. The molecule has 17 heteroatoms. The zero-order chi connectivity index (χ0) is 37.5. The smallest absolute Gasteiger partial charge is 0.422 e. The summed E-state index contributed by atoms with van der Waals surface area (Å²) in [6, 6.07) is 19.5. The zero-order valence-corrected chi connectivity index (χ0v) is 29.1.